The van der Waals surface area contributed by atoms with Crippen LogP contribution < -0.4 is 21.3 Å². The predicted octanol–water partition coefficient (Wildman–Crippen LogP) is 2.41. The highest BCUT2D eigenvalue weighted by molar-refractivity contribution is 7.98. The highest BCUT2D eigenvalue weighted by atomic mass is 32.2. The van der Waals surface area contributed by atoms with E-state index in [9.17, 15) is 0 Å². The average molecular weight is 306 g/mol. The smallest absolute Gasteiger partial charge is 0.323 e. The second-order valence-corrected chi connectivity index (χ2v) is 5.25. The Balaban J connectivity index is 2.30. The molecule has 0 radical (unpaired) electrons. The van der Waals surface area contributed by atoms with Crippen molar-refractivity contribution in [2.24, 2.45) is 5.84 Å². The zero-order valence-electron chi connectivity index (χ0n) is 12.1. The first-order chi connectivity index (χ1) is 10.1. The summed E-state index contributed by atoms with van der Waals surface area (Å²) in [5, 5.41) is 3.15. The monoisotopic (exact) mass is 306 g/mol. The Bertz CT molecular complexity index is 607. The molecule has 8 heteroatoms. The number of thioether (sulfide) groups is 1. The first-order valence-electron chi connectivity index (χ1n) is 6.41. The van der Waals surface area contributed by atoms with Gasteiger partial charge >= 0.3 is 6.01 Å². The predicted molar refractivity (Wildman–Crippen MR) is 84.9 cm³/mol. The fourth-order valence-electron chi connectivity index (χ4n) is 1.61. The Morgan fingerprint density at radius 3 is 2.52 bits per heavy atom. The van der Waals surface area contributed by atoms with Gasteiger partial charge in [0.1, 0.15) is 0 Å². The molecule has 0 amide bonds. The molecule has 0 saturated heterocycles. The first-order valence-corrected chi connectivity index (χ1v) is 7.64. The first kappa shape index (κ1) is 15.3. The second-order valence-electron chi connectivity index (χ2n) is 4.40. The van der Waals surface area contributed by atoms with E-state index in [2.05, 4.69) is 25.7 Å². The molecule has 112 valence electrons. The summed E-state index contributed by atoms with van der Waals surface area (Å²) in [6, 6.07) is 8.11. The number of nitrogens with zero attached hydrogens (tertiary/aromatic N) is 3. The number of nitrogens with one attached hydrogen (secondary N) is 2. The number of hydrogen-bond acceptors (Lipinski definition) is 8. The lowest BCUT2D eigenvalue weighted by Crippen LogP contribution is -2.15. The van der Waals surface area contributed by atoms with Crippen molar-refractivity contribution in [1.29, 1.82) is 0 Å². The Kier molecular flexibility index (Phi) is 5.18. The van der Waals surface area contributed by atoms with Crippen molar-refractivity contribution in [3.8, 4) is 6.01 Å². The third kappa shape index (κ3) is 4.20. The minimum Gasteiger partial charge on any atom is -0.461 e. The number of hydrogen-bond donors (Lipinski definition) is 3. The van der Waals surface area contributed by atoms with E-state index in [1.54, 1.807) is 11.8 Å². The molecule has 21 heavy (non-hydrogen) atoms. The lowest BCUT2D eigenvalue weighted by molar-refractivity contribution is 0.222. The van der Waals surface area contributed by atoms with E-state index in [-0.39, 0.29) is 18.1 Å². The molecule has 2 rings (SSSR count). The van der Waals surface area contributed by atoms with Crippen molar-refractivity contribution in [2.75, 3.05) is 17.0 Å². The topological polar surface area (TPSA) is 98.0 Å². The van der Waals surface area contributed by atoms with Crippen LogP contribution in [0.3, 0.4) is 0 Å². The number of aromatic nitrogens is 3. The molecule has 0 aliphatic heterocycles. The average Bonchev–Trinajstić information content (AvgIpc) is 2.46. The summed E-state index contributed by atoms with van der Waals surface area (Å²) in [5.74, 6) is 5.99. The van der Waals surface area contributed by atoms with Gasteiger partial charge in [-0.25, -0.2) is 5.84 Å². The Morgan fingerprint density at radius 1 is 1.14 bits per heavy atom. The summed E-state index contributed by atoms with van der Waals surface area (Å²) in [6.07, 6.45) is 1.97. The molecule has 0 atom stereocenters. The van der Waals surface area contributed by atoms with E-state index in [1.165, 1.54) is 0 Å². The van der Waals surface area contributed by atoms with Crippen LogP contribution >= 0.6 is 11.8 Å². The molecule has 0 aliphatic rings. The number of nitrogen functional groups attached to an aromatic ring is 1. The number of ether oxygens (including phenoxy) is 1. The van der Waals surface area contributed by atoms with Gasteiger partial charge in [-0.15, -0.1) is 11.8 Å². The van der Waals surface area contributed by atoms with Gasteiger partial charge in [0.05, 0.1) is 11.8 Å². The maximum atomic E-state index is 5.49. The van der Waals surface area contributed by atoms with Crippen LogP contribution in [0.4, 0.5) is 17.6 Å². The lowest BCUT2D eigenvalue weighted by atomic mass is 10.3. The molecule has 0 aliphatic carbocycles. The van der Waals surface area contributed by atoms with Crippen molar-refractivity contribution in [3.63, 3.8) is 0 Å². The Morgan fingerprint density at radius 2 is 1.86 bits per heavy atom. The molecule has 0 bridgehead atoms. The summed E-state index contributed by atoms with van der Waals surface area (Å²) in [7, 11) is 0. The van der Waals surface area contributed by atoms with Crippen LogP contribution in [0, 0.1) is 0 Å². The molecule has 1 heterocycles. The quantitative estimate of drug-likeness (QED) is 0.425. The largest absolute Gasteiger partial charge is 0.461 e. The van der Waals surface area contributed by atoms with E-state index in [1.807, 2.05) is 44.4 Å². The van der Waals surface area contributed by atoms with Gasteiger partial charge in [-0.2, -0.15) is 15.0 Å². The van der Waals surface area contributed by atoms with Crippen molar-refractivity contribution >= 4 is 29.3 Å². The van der Waals surface area contributed by atoms with Gasteiger partial charge in [-0.05, 0) is 32.2 Å². The van der Waals surface area contributed by atoms with Gasteiger partial charge in [0.25, 0.3) is 0 Å². The molecular weight excluding hydrogens is 288 g/mol. The maximum Gasteiger partial charge on any atom is 0.323 e. The van der Waals surface area contributed by atoms with Crippen molar-refractivity contribution in [1.82, 2.24) is 15.0 Å². The third-order valence-electron chi connectivity index (χ3n) is 2.44. The fourth-order valence-corrected chi connectivity index (χ4v) is 2.16. The van der Waals surface area contributed by atoms with E-state index in [0.29, 0.717) is 5.95 Å². The van der Waals surface area contributed by atoms with Gasteiger partial charge in [0.2, 0.25) is 11.9 Å². The maximum absolute atomic E-state index is 5.49. The molecule has 0 fully saturated rings. The highest BCUT2D eigenvalue weighted by Gasteiger charge is 2.10. The van der Waals surface area contributed by atoms with Gasteiger partial charge in [0, 0.05) is 4.90 Å². The highest BCUT2D eigenvalue weighted by Crippen LogP contribution is 2.27. The summed E-state index contributed by atoms with van der Waals surface area (Å²) in [6.45, 7) is 3.80. The SMILES string of the molecule is CSc1ccccc1Nc1nc(NN)nc(OC(C)C)n1. The molecule has 1 aromatic carbocycles. The van der Waals surface area contributed by atoms with Gasteiger partial charge in [-0.1, -0.05) is 12.1 Å². The van der Waals surface area contributed by atoms with Crippen molar-refractivity contribution in [3.05, 3.63) is 24.3 Å². The van der Waals surface area contributed by atoms with Gasteiger partial charge in [-0.3, -0.25) is 5.43 Å². The summed E-state index contributed by atoms with van der Waals surface area (Å²) in [4.78, 5) is 13.5. The molecule has 0 saturated carbocycles. The minimum absolute atomic E-state index is 0.0376. The number of hydrazine groups is 1. The number of benzene rings is 1. The van der Waals surface area contributed by atoms with E-state index >= 15 is 0 Å². The summed E-state index contributed by atoms with van der Waals surface area (Å²) in [5.41, 5.74) is 3.32. The van der Waals surface area contributed by atoms with Crippen LogP contribution in [0.2, 0.25) is 0 Å². The van der Waals surface area contributed by atoms with Crippen molar-refractivity contribution in [2.45, 2.75) is 24.8 Å². The minimum atomic E-state index is -0.0376. The van der Waals surface area contributed by atoms with Crippen LogP contribution in [0.15, 0.2) is 29.2 Å². The Labute approximate surface area is 127 Å². The molecule has 0 unspecified atom stereocenters. The van der Waals surface area contributed by atoms with Crippen LogP contribution in [0.1, 0.15) is 13.8 Å². The van der Waals surface area contributed by atoms with E-state index < -0.39 is 0 Å². The molecular formula is C13H18N6OS. The van der Waals surface area contributed by atoms with Crippen molar-refractivity contribution < 1.29 is 4.74 Å². The zero-order chi connectivity index (χ0) is 15.2. The lowest BCUT2D eigenvalue weighted by Gasteiger charge is -2.12. The standard InChI is InChI=1S/C13H18N6OS/c1-8(2)20-13-17-11(16-12(18-13)19-14)15-9-6-4-5-7-10(9)21-3/h4-8H,14H2,1-3H3,(H2,15,16,17,18,19). The molecule has 1 aromatic heterocycles. The zero-order valence-corrected chi connectivity index (χ0v) is 12.9. The van der Waals surface area contributed by atoms with Crippen LogP contribution in [-0.4, -0.2) is 27.3 Å². The van der Waals surface area contributed by atoms with Gasteiger partial charge < -0.3 is 10.1 Å². The summed E-state index contributed by atoms with van der Waals surface area (Å²) < 4.78 is 5.49. The number of para-hydroxylation sites is 1. The normalized spacial score (nSPS) is 10.5. The Hall–Kier alpha value is -2.06. The van der Waals surface area contributed by atoms with E-state index in [4.69, 9.17) is 10.6 Å². The fraction of sp³-hybridized carbons (Fsp3) is 0.308. The number of nitrogens with two attached hydrogens (primary N) is 1. The van der Waals surface area contributed by atoms with Gasteiger partial charge in [0.15, 0.2) is 0 Å². The van der Waals surface area contributed by atoms with Crippen LogP contribution in [0.5, 0.6) is 6.01 Å². The number of anilines is 3. The van der Waals surface area contributed by atoms with E-state index in [0.717, 1.165) is 10.6 Å². The molecule has 2 aromatic rings. The second kappa shape index (κ2) is 7.09. The molecule has 4 N–H and O–H groups in total. The number of rotatable bonds is 6. The van der Waals surface area contributed by atoms with Crippen LogP contribution in [-0.2, 0) is 0 Å². The molecule has 0 spiro atoms. The molecule has 7 nitrogen and oxygen atoms in total. The van der Waals surface area contributed by atoms with Crippen LogP contribution in [0.25, 0.3) is 0 Å². The third-order valence-corrected chi connectivity index (χ3v) is 3.23. The summed E-state index contributed by atoms with van der Waals surface area (Å²) >= 11 is 1.63.